The van der Waals surface area contributed by atoms with Crippen LogP contribution in [-0.4, -0.2) is 23.2 Å². The van der Waals surface area contributed by atoms with E-state index in [2.05, 4.69) is 17.2 Å². The molecule has 0 aliphatic heterocycles. The number of fused-ring (bicyclic) bond motifs is 1. The van der Waals surface area contributed by atoms with Crippen molar-refractivity contribution in [2.24, 2.45) is 5.92 Å². The van der Waals surface area contributed by atoms with Crippen LogP contribution in [0.15, 0.2) is 24.3 Å². The van der Waals surface area contributed by atoms with Gasteiger partial charge in [0.25, 0.3) is 0 Å². The number of pyridine rings is 1. The van der Waals surface area contributed by atoms with E-state index >= 15 is 0 Å². The Bertz CT molecular complexity index is 595. The number of nitrogens with zero attached hydrogens (tertiary/aromatic N) is 1. The standard InChI is InChI=1S/C17H23FN2O/c1-3-5-13(8-9-21)11-19-16-10-12(2)20-17-14(16)6-4-7-15(17)18/h4,6-7,10,13,21H,3,5,8-9,11H2,1-2H3,(H,19,20). The lowest BCUT2D eigenvalue weighted by Crippen LogP contribution is -2.16. The maximum absolute atomic E-state index is 13.9. The predicted octanol–water partition coefficient (Wildman–Crippen LogP) is 3.89. The molecule has 1 aromatic carbocycles. The molecule has 0 radical (unpaired) electrons. The van der Waals surface area contributed by atoms with E-state index in [-0.39, 0.29) is 12.4 Å². The third-order valence-electron chi connectivity index (χ3n) is 3.73. The van der Waals surface area contributed by atoms with Crippen LogP contribution >= 0.6 is 0 Å². The number of aliphatic hydroxyl groups excluding tert-OH is 1. The Morgan fingerprint density at radius 3 is 2.86 bits per heavy atom. The van der Waals surface area contributed by atoms with Gasteiger partial charge in [-0.1, -0.05) is 25.5 Å². The molecule has 0 amide bonds. The molecule has 0 fully saturated rings. The number of aryl methyl sites for hydroxylation is 1. The summed E-state index contributed by atoms with van der Waals surface area (Å²) in [6.45, 7) is 5.00. The van der Waals surface area contributed by atoms with Gasteiger partial charge in [0, 0.05) is 29.9 Å². The summed E-state index contributed by atoms with van der Waals surface area (Å²) >= 11 is 0. The molecule has 2 aromatic rings. The molecular weight excluding hydrogens is 267 g/mol. The zero-order valence-electron chi connectivity index (χ0n) is 12.7. The van der Waals surface area contributed by atoms with Crippen LogP contribution in [0.25, 0.3) is 10.9 Å². The van der Waals surface area contributed by atoms with E-state index in [0.29, 0.717) is 11.4 Å². The second kappa shape index (κ2) is 7.36. The monoisotopic (exact) mass is 290 g/mol. The lowest BCUT2D eigenvalue weighted by molar-refractivity contribution is 0.255. The highest BCUT2D eigenvalue weighted by molar-refractivity contribution is 5.91. The average Bonchev–Trinajstić information content (AvgIpc) is 2.46. The van der Waals surface area contributed by atoms with Crippen LogP contribution in [0.3, 0.4) is 0 Å². The number of benzene rings is 1. The molecule has 0 spiro atoms. The summed E-state index contributed by atoms with van der Waals surface area (Å²) in [7, 11) is 0. The van der Waals surface area contributed by atoms with Gasteiger partial charge in [0.1, 0.15) is 11.3 Å². The van der Waals surface area contributed by atoms with Crippen molar-refractivity contribution in [3.8, 4) is 0 Å². The van der Waals surface area contributed by atoms with Crippen molar-refractivity contribution in [1.29, 1.82) is 0 Å². The van der Waals surface area contributed by atoms with Crippen molar-refractivity contribution in [3.05, 3.63) is 35.8 Å². The third kappa shape index (κ3) is 3.91. The van der Waals surface area contributed by atoms with Crippen molar-refractivity contribution >= 4 is 16.6 Å². The van der Waals surface area contributed by atoms with Crippen molar-refractivity contribution in [3.63, 3.8) is 0 Å². The molecular formula is C17H23FN2O. The van der Waals surface area contributed by atoms with E-state index in [1.54, 1.807) is 6.07 Å². The van der Waals surface area contributed by atoms with Gasteiger partial charge in [0.15, 0.2) is 0 Å². The molecule has 1 unspecified atom stereocenters. The fourth-order valence-corrected chi connectivity index (χ4v) is 2.68. The first-order valence-electron chi connectivity index (χ1n) is 7.56. The SMILES string of the molecule is CCCC(CCO)CNc1cc(C)nc2c(F)cccc12. The van der Waals surface area contributed by atoms with E-state index in [0.717, 1.165) is 42.6 Å². The zero-order chi connectivity index (χ0) is 15.2. The third-order valence-corrected chi connectivity index (χ3v) is 3.73. The number of hydrogen-bond acceptors (Lipinski definition) is 3. The van der Waals surface area contributed by atoms with Gasteiger partial charge >= 0.3 is 0 Å². The Kier molecular flexibility index (Phi) is 5.51. The molecule has 3 nitrogen and oxygen atoms in total. The topological polar surface area (TPSA) is 45.1 Å². The number of aromatic nitrogens is 1. The Balaban J connectivity index is 2.23. The summed E-state index contributed by atoms with van der Waals surface area (Å²) in [6, 6.07) is 6.97. The fraction of sp³-hybridized carbons (Fsp3) is 0.471. The highest BCUT2D eigenvalue weighted by Crippen LogP contribution is 2.25. The number of para-hydroxylation sites is 1. The molecule has 0 aliphatic rings. The molecule has 4 heteroatoms. The predicted molar refractivity (Wildman–Crippen MR) is 85.0 cm³/mol. The van der Waals surface area contributed by atoms with Crippen LogP contribution in [-0.2, 0) is 0 Å². The molecule has 1 atom stereocenters. The van der Waals surface area contributed by atoms with E-state index in [1.165, 1.54) is 6.07 Å². The van der Waals surface area contributed by atoms with Crippen LogP contribution in [0.1, 0.15) is 31.9 Å². The first-order valence-corrected chi connectivity index (χ1v) is 7.56. The number of aliphatic hydroxyl groups is 1. The minimum Gasteiger partial charge on any atom is -0.396 e. The normalized spacial score (nSPS) is 12.6. The molecule has 0 aliphatic carbocycles. The maximum atomic E-state index is 13.9. The fourth-order valence-electron chi connectivity index (χ4n) is 2.68. The molecule has 1 heterocycles. The van der Waals surface area contributed by atoms with Gasteiger partial charge in [0.05, 0.1) is 0 Å². The molecule has 0 bridgehead atoms. The summed E-state index contributed by atoms with van der Waals surface area (Å²) in [6.07, 6.45) is 2.96. The molecule has 114 valence electrons. The lowest BCUT2D eigenvalue weighted by atomic mass is 10.00. The summed E-state index contributed by atoms with van der Waals surface area (Å²) in [5.41, 5.74) is 2.12. The van der Waals surface area contributed by atoms with Crippen LogP contribution in [0.2, 0.25) is 0 Å². The highest BCUT2D eigenvalue weighted by atomic mass is 19.1. The number of hydrogen-bond donors (Lipinski definition) is 2. The van der Waals surface area contributed by atoms with Crippen LogP contribution in [0.4, 0.5) is 10.1 Å². The van der Waals surface area contributed by atoms with Gasteiger partial charge in [-0.05, 0) is 37.8 Å². The van der Waals surface area contributed by atoms with Gasteiger partial charge < -0.3 is 10.4 Å². The highest BCUT2D eigenvalue weighted by Gasteiger charge is 2.11. The zero-order valence-corrected chi connectivity index (χ0v) is 12.7. The van der Waals surface area contributed by atoms with Gasteiger partial charge in [-0.3, -0.25) is 0 Å². The number of nitrogens with one attached hydrogen (secondary N) is 1. The molecule has 21 heavy (non-hydrogen) atoms. The van der Waals surface area contributed by atoms with Gasteiger partial charge in [-0.2, -0.15) is 0 Å². The minimum atomic E-state index is -0.292. The molecule has 0 saturated carbocycles. The number of halogens is 1. The molecule has 0 saturated heterocycles. The van der Waals surface area contributed by atoms with Gasteiger partial charge in [-0.25, -0.2) is 9.37 Å². The van der Waals surface area contributed by atoms with Gasteiger partial charge in [-0.15, -0.1) is 0 Å². The Labute approximate surface area is 125 Å². The summed E-state index contributed by atoms with van der Waals surface area (Å²) in [4.78, 5) is 4.28. The van der Waals surface area contributed by atoms with Crippen LogP contribution in [0.5, 0.6) is 0 Å². The van der Waals surface area contributed by atoms with E-state index in [9.17, 15) is 4.39 Å². The summed E-state index contributed by atoms with van der Waals surface area (Å²) < 4.78 is 13.9. The Morgan fingerprint density at radius 1 is 1.33 bits per heavy atom. The first-order chi connectivity index (χ1) is 10.2. The van der Waals surface area contributed by atoms with Crippen molar-refractivity contribution < 1.29 is 9.50 Å². The Morgan fingerprint density at radius 2 is 2.14 bits per heavy atom. The molecule has 1 aromatic heterocycles. The average molecular weight is 290 g/mol. The van der Waals surface area contributed by atoms with Crippen molar-refractivity contribution in [2.75, 3.05) is 18.5 Å². The van der Waals surface area contributed by atoms with Gasteiger partial charge in [0.2, 0.25) is 0 Å². The Hall–Kier alpha value is -1.68. The first kappa shape index (κ1) is 15.7. The van der Waals surface area contributed by atoms with Crippen LogP contribution < -0.4 is 5.32 Å². The maximum Gasteiger partial charge on any atom is 0.149 e. The number of anilines is 1. The summed E-state index contributed by atoms with van der Waals surface area (Å²) in [5.74, 6) is 0.136. The molecule has 2 N–H and O–H groups in total. The van der Waals surface area contributed by atoms with Crippen molar-refractivity contribution in [2.45, 2.75) is 33.1 Å². The van der Waals surface area contributed by atoms with Crippen LogP contribution in [0, 0.1) is 18.7 Å². The van der Waals surface area contributed by atoms with E-state index in [4.69, 9.17) is 5.11 Å². The lowest BCUT2D eigenvalue weighted by Gasteiger charge is -2.18. The van der Waals surface area contributed by atoms with E-state index < -0.39 is 0 Å². The second-order valence-corrected chi connectivity index (χ2v) is 5.50. The largest absolute Gasteiger partial charge is 0.396 e. The minimum absolute atomic E-state index is 0.205. The smallest absolute Gasteiger partial charge is 0.149 e. The molecule has 2 rings (SSSR count). The second-order valence-electron chi connectivity index (χ2n) is 5.50. The summed E-state index contributed by atoms with van der Waals surface area (Å²) in [5, 5.41) is 13.3. The van der Waals surface area contributed by atoms with E-state index in [1.807, 2.05) is 19.1 Å². The quantitative estimate of drug-likeness (QED) is 0.813. The number of rotatable bonds is 7. The van der Waals surface area contributed by atoms with Crippen molar-refractivity contribution in [1.82, 2.24) is 4.98 Å².